The van der Waals surface area contributed by atoms with E-state index in [0.717, 1.165) is 4.47 Å². The maximum Gasteiger partial charge on any atom is 0.268 e. The van der Waals surface area contributed by atoms with Crippen molar-refractivity contribution >= 4 is 27.5 Å². The van der Waals surface area contributed by atoms with E-state index in [1.165, 1.54) is 0 Å². The average molecular weight is 257 g/mol. The zero-order valence-electron chi connectivity index (χ0n) is 7.80. The molecule has 1 amide bonds. The molecule has 1 N–H and O–H groups in total. The summed E-state index contributed by atoms with van der Waals surface area (Å²) in [6.45, 7) is 3.44. The van der Waals surface area contributed by atoms with Crippen LogP contribution in [0.3, 0.4) is 0 Å². The van der Waals surface area contributed by atoms with Gasteiger partial charge in [-0.25, -0.2) is 0 Å². The standard InChI is InChI=1S/C9H9BrN2O2/c1-9(2)8(13)12-6-4-11-3-5(10)7(6)14-9/h3-4H,1-2H3,(H,12,13). The van der Waals surface area contributed by atoms with Gasteiger partial charge in [0.2, 0.25) is 0 Å². The number of rotatable bonds is 0. The van der Waals surface area contributed by atoms with E-state index in [9.17, 15) is 4.79 Å². The molecule has 1 aromatic rings. The summed E-state index contributed by atoms with van der Waals surface area (Å²) in [5.41, 5.74) is -0.236. The van der Waals surface area contributed by atoms with Crippen LogP contribution in [0.2, 0.25) is 0 Å². The number of hydrogen-bond acceptors (Lipinski definition) is 3. The molecule has 2 heterocycles. The monoisotopic (exact) mass is 256 g/mol. The number of hydrogen-bond donors (Lipinski definition) is 1. The van der Waals surface area contributed by atoms with Gasteiger partial charge in [-0.3, -0.25) is 9.78 Å². The molecule has 74 valence electrons. The summed E-state index contributed by atoms with van der Waals surface area (Å²) >= 11 is 3.31. The molecule has 0 radical (unpaired) electrons. The molecule has 0 aliphatic carbocycles. The molecule has 1 aromatic heterocycles. The first-order valence-electron chi connectivity index (χ1n) is 4.15. The Bertz CT molecular complexity index is 404. The topological polar surface area (TPSA) is 51.2 Å². The quantitative estimate of drug-likeness (QED) is 0.772. The van der Waals surface area contributed by atoms with Gasteiger partial charge in [-0.2, -0.15) is 0 Å². The number of nitrogens with one attached hydrogen (secondary N) is 1. The number of carbonyl (C=O) groups excluding carboxylic acids is 1. The van der Waals surface area contributed by atoms with Gasteiger partial charge in [-0.1, -0.05) is 0 Å². The molecule has 2 rings (SSSR count). The highest BCUT2D eigenvalue weighted by atomic mass is 79.9. The lowest BCUT2D eigenvalue weighted by atomic mass is 10.1. The molecule has 1 aliphatic rings. The van der Waals surface area contributed by atoms with Gasteiger partial charge in [0.1, 0.15) is 5.69 Å². The van der Waals surface area contributed by atoms with Crippen molar-refractivity contribution in [2.75, 3.05) is 5.32 Å². The number of halogens is 1. The van der Waals surface area contributed by atoms with Crippen LogP contribution < -0.4 is 10.1 Å². The molecule has 0 bridgehead atoms. The Morgan fingerprint density at radius 1 is 1.50 bits per heavy atom. The summed E-state index contributed by atoms with van der Waals surface area (Å²) < 4.78 is 6.30. The minimum atomic E-state index is -0.836. The Labute approximate surface area is 89.8 Å². The van der Waals surface area contributed by atoms with E-state index < -0.39 is 5.60 Å². The number of carbonyl (C=O) groups is 1. The van der Waals surface area contributed by atoms with E-state index in [4.69, 9.17) is 4.74 Å². The van der Waals surface area contributed by atoms with Gasteiger partial charge in [-0.15, -0.1) is 0 Å². The molecular weight excluding hydrogens is 248 g/mol. The van der Waals surface area contributed by atoms with Crippen molar-refractivity contribution in [2.24, 2.45) is 0 Å². The van der Waals surface area contributed by atoms with Gasteiger partial charge in [-0.05, 0) is 29.8 Å². The van der Waals surface area contributed by atoms with Crippen molar-refractivity contribution in [3.05, 3.63) is 16.9 Å². The third kappa shape index (κ3) is 1.37. The molecule has 0 spiro atoms. The highest BCUT2D eigenvalue weighted by Gasteiger charge is 2.36. The fourth-order valence-electron chi connectivity index (χ4n) is 1.19. The van der Waals surface area contributed by atoms with Crippen LogP contribution in [0.5, 0.6) is 5.75 Å². The van der Waals surface area contributed by atoms with Gasteiger partial charge >= 0.3 is 0 Å². The van der Waals surface area contributed by atoms with Gasteiger partial charge < -0.3 is 10.1 Å². The molecule has 5 heteroatoms. The van der Waals surface area contributed by atoms with Crippen molar-refractivity contribution in [3.63, 3.8) is 0 Å². The van der Waals surface area contributed by atoms with E-state index in [1.54, 1.807) is 26.2 Å². The van der Waals surface area contributed by atoms with E-state index in [1.807, 2.05) is 0 Å². The summed E-state index contributed by atoms with van der Waals surface area (Å²) in [6.07, 6.45) is 3.19. The van der Waals surface area contributed by atoms with Crippen LogP contribution in [0.1, 0.15) is 13.8 Å². The minimum absolute atomic E-state index is 0.162. The predicted octanol–water partition coefficient (Wildman–Crippen LogP) is 1.95. The third-order valence-electron chi connectivity index (χ3n) is 2.01. The minimum Gasteiger partial charge on any atom is -0.475 e. The molecule has 0 saturated carbocycles. The van der Waals surface area contributed by atoms with Crippen molar-refractivity contribution in [1.82, 2.24) is 4.98 Å². The predicted molar refractivity (Wildman–Crippen MR) is 55.3 cm³/mol. The molecule has 4 nitrogen and oxygen atoms in total. The molecule has 0 aromatic carbocycles. The second-order valence-corrected chi connectivity index (χ2v) is 4.42. The lowest BCUT2D eigenvalue weighted by molar-refractivity contribution is -0.129. The van der Waals surface area contributed by atoms with Crippen LogP contribution in [0.25, 0.3) is 0 Å². The van der Waals surface area contributed by atoms with Gasteiger partial charge in [0, 0.05) is 6.20 Å². The van der Waals surface area contributed by atoms with Crippen molar-refractivity contribution in [2.45, 2.75) is 19.4 Å². The fourth-order valence-corrected chi connectivity index (χ4v) is 1.60. The second kappa shape index (κ2) is 2.95. The van der Waals surface area contributed by atoms with Crippen molar-refractivity contribution in [3.8, 4) is 5.75 Å². The van der Waals surface area contributed by atoms with Crippen LogP contribution >= 0.6 is 15.9 Å². The summed E-state index contributed by atoms with van der Waals surface area (Å²) in [4.78, 5) is 15.4. The first-order valence-corrected chi connectivity index (χ1v) is 4.94. The fraction of sp³-hybridized carbons (Fsp3) is 0.333. The van der Waals surface area contributed by atoms with E-state index in [2.05, 4.69) is 26.2 Å². The maximum atomic E-state index is 11.5. The zero-order valence-corrected chi connectivity index (χ0v) is 9.38. The lowest BCUT2D eigenvalue weighted by Crippen LogP contribution is -2.45. The van der Waals surface area contributed by atoms with Crippen LogP contribution in [0.15, 0.2) is 16.9 Å². The zero-order chi connectivity index (χ0) is 10.3. The summed E-state index contributed by atoms with van der Waals surface area (Å²) in [6, 6.07) is 0. The van der Waals surface area contributed by atoms with Crippen LogP contribution in [-0.2, 0) is 4.79 Å². The smallest absolute Gasteiger partial charge is 0.268 e. The first kappa shape index (κ1) is 9.45. The largest absolute Gasteiger partial charge is 0.475 e. The number of amides is 1. The molecule has 0 atom stereocenters. The number of ether oxygens (including phenoxy) is 1. The summed E-state index contributed by atoms with van der Waals surface area (Å²) in [5.74, 6) is 0.467. The molecule has 0 unspecified atom stereocenters. The summed E-state index contributed by atoms with van der Waals surface area (Å²) in [5, 5.41) is 2.73. The molecule has 1 aliphatic heterocycles. The van der Waals surface area contributed by atoms with Crippen LogP contribution in [0, 0.1) is 0 Å². The molecule has 0 saturated heterocycles. The normalized spacial score (nSPS) is 18.1. The number of anilines is 1. The summed E-state index contributed by atoms with van der Waals surface area (Å²) in [7, 11) is 0. The van der Waals surface area contributed by atoms with E-state index >= 15 is 0 Å². The Hall–Kier alpha value is -1.10. The maximum absolute atomic E-state index is 11.5. The molecule has 0 fully saturated rings. The first-order chi connectivity index (χ1) is 6.50. The van der Waals surface area contributed by atoms with Gasteiger partial charge in [0.15, 0.2) is 11.4 Å². The van der Waals surface area contributed by atoms with Crippen molar-refractivity contribution in [1.29, 1.82) is 0 Å². The third-order valence-corrected chi connectivity index (χ3v) is 2.57. The number of nitrogens with zero attached hydrogens (tertiary/aromatic N) is 1. The molecule has 14 heavy (non-hydrogen) atoms. The number of pyridine rings is 1. The Morgan fingerprint density at radius 2 is 2.21 bits per heavy atom. The van der Waals surface area contributed by atoms with E-state index in [-0.39, 0.29) is 5.91 Å². The average Bonchev–Trinajstić information content (AvgIpc) is 2.09. The SMILES string of the molecule is CC1(C)Oc2c(Br)cncc2NC1=O. The Balaban J connectivity index is 2.51. The number of aromatic nitrogens is 1. The van der Waals surface area contributed by atoms with Crippen molar-refractivity contribution < 1.29 is 9.53 Å². The highest BCUT2D eigenvalue weighted by Crippen LogP contribution is 2.38. The Kier molecular flexibility index (Phi) is 1.99. The lowest BCUT2D eigenvalue weighted by Gasteiger charge is -2.31. The van der Waals surface area contributed by atoms with Crippen LogP contribution in [-0.4, -0.2) is 16.5 Å². The van der Waals surface area contributed by atoms with Crippen LogP contribution in [0.4, 0.5) is 5.69 Å². The molecular formula is C9H9BrN2O2. The van der Waals surface area contributed by atoms with Gasteiger partial charge in [0.05, 0.1) is 10.7 Å². The van der Waals surface area contributed by atoms with E-state index in [0.29, 0.717) is 11.4 Å². The number of fused-ring (bicyclic) bond motifs is 1. The Morgan fingerprint density at radius 3 is 2.93 bits per heavy atom. The van der Waals surface area contributed by atoms with Gasteiger partial charge in [0.25, 0.3) is 5.91 Å². The second-order valence-electron chi connectivity index (χ2n) is 3.56. The highest BCUT2D eigenvalue weighted by molar-refractivity contribution is 9.10.